The standard InChI is InChI=1S/C20H21N7O2/c1-20(2,3)15-11-16(27(25-15)18-21-8-5-9-22-18)24-17(28)12-6-7-14-13(10-12)23-19(29)26(14)4/h5-11H,1-4H3,(H,23,29)(H,24,28). The maximum atomic E-state index is 12.9. The van der Waals surface area contributed by atoms with Crippen molar-refractivity contribution in [2.24, 2.45) is 7.05 Å². The van der Waals surface area contributed by atoms with E-state index in [1.807, 2.05) is 26.8 Å². The Morgan fingerprint density at radius 1 is 1.14 bits per heavy atom. The monoisotopic (exact) mass is 391 g/mol. The summed E-state index contributed by atoms with van der Waals surface area (Å²) in [7, 11) is 1.67. The molecule has 29 heavy (non-hydrogen) atoms. The number of hydrogen-bond acceptors (Lipinski definition) is 5. The number of anilines is 1. The first-order valence-corrected chi connectivity index (χ1v) is 9.12. The van der Waals surface area contributed by atoms with Crippen LogP contribution in [0.5, 0.6) is 0 Å². The van der Waals surface area contributed by atoms with Gasteiger partial charge in [-0.25, -0.2) is 14.8 Å². The van der Waals surface area contributed by atoms with E-state index in [0.717, 1.165) is 11.2 Å². The molecule has 0 aliphatic carbocycles. The van der Waals surface area contributed by atoms with Crippen molar-refractivity contribution in [1.82, 2.24) is 29.3 Å². The first-order valence-electron chi connectivity index (χ1n) is 9.12. The van der Waals surface area contributed by atoms with E-state index < -0.39 is 0 Å². The Hall–Kier alpha value is -3.75. The Morgan fingerprint density at radius 3 is 2.55 bits per heavy atom. The minimum atomic E-state index is -0.325. The predicted octanol–water partition coefficient (Wildman–Crippen LogP) is 2.39. The molecule has 3 aromatic heterocycles. The van der Waals surface area contributed by atoms with Gasteiger partial charge in [-0.05, 0) is 24.3 Å². The average Bonchev–Trinajstić information content (AvgIpc) is 3.23. The van der Waals surface area contributed by atoms with Crippen LogP contribution in [0.4, 0.5) is 5.82 Å². The van der Waals surface area contributed by atoms with Crippen LogP contribution < -0.4 is 11.0 Å². The number of amides is 1. The Labute approximate surface area is 166 Å². The number of hydrogen-bond donors (Lipinski definition) is 2. The van der Waals surface area contributed by atoms with E-state index in [2.05, 4.69) is 25.4 Å². The van der Waals surface area contributed by atoms with E-state index in [9.17, 15) is 9.59 Å². The molecule has 4 aromatic rings. The summed E-state index contributed by atoms with van der Waals surface area (Å²) < 4.78 is 3.01. The minimum absolute atomic E-state index is 0.220. The third-order valence-corrected chi connectivity index (χ3v) is 4.63. The van der Waals surface area contributed by atoms with E-state index in [4.69, 9.17) is 0 Å². The van der Waals surface area contributed by atoms with Crippen LogP contribution in [0.25, 0.3) is 17.0 Å². The lowest BCUT2D eigenvalue weighted by Gasteiger charge is -2.13. The molecule has 0 aliphatic heterocycles. The van der Waals surface area contributed by atoms with Gasteiger partial charge in [-0.2, -0.15) is 9.78 Å². The Kier molecular flexibility index (Phi) is 4.30. The van der Waals surface area contributed by atoms with Gasteiger partial charge in [-0.15, -0.1) is 0 Å². The Balaban J connectivity index is 1.72. The molecule has 9 heteroatoms. The van der Waals surface area contributed by atoms with E-state index >= 15 is 0 Å². The number of aromatic amines is 1. The highest BCUT2D eigenvalue weighted by atomic mass is 16.2. The summed E-state index contributed by atoms with van der Waals surface area (Å²) in [5.74, 6) is 0.503. The van der Waals surface area contributed by atoms with Gasteiger partial charge >= 0.3 is 5.69 Å². The van der Waals surface area contributed by atoms with Crippen molar-refractivity contribution < 1.29 is 4.79 Å². The topological polar surface area (TPSA) is 110 Å². The lowest BCUT2D eigenvalue weighted by molar-refractivity contribution is 0.102. The molecule has 0 bridgehead atoms. The van der Waals surface area contributed by atoms with Gasteiger partial charge in [-0.3, -0.25) is 9.36 Å². The highest BCUT2D eigenvalue weighted by molar-refractivity contribution is 6.05. The molecular formula is C20H21N7O2. The molecule has 1 aromatic carbocycles. The van der Waals surface area contributed by atoms with Crippen LogP contribution in [-0.4, -0.2) is 35.2 Å². The van der Waals surface area contributed by atoms with E-state index in [-0.39, 0.29) is 17.0 Å². The summed E-state index contributed by atoms with van der Waals surface area (Å²) in [6.45, 7) is 6.12. The van der Waals surface area contributed by atoms with Crippen molar-refractivity contribution in [1.29, 1.82) is 0 Å². The molecule has 148 valence electrons. The molecule has 0 fully saturated rings. The third-order valence-electron chi connectivity index (χ3n) is 4.63. The van der Waals surface area contributed by atoms with Gasteiger partial charge in [0.25, 0.3) is 11.9 Å². The van der Waals surface area contributed by atoms with Crippen LogP contribution in [0, 0.1) is 0 Å². The summed E-state index contributed by atoms with van der Waals surface area (Å²) in [6, 6.07) is 8.59. The fraction of sp³-hybridized carbons (Fsp3) is 0.250. The number of carbonyl (C=O) groups excluding carboxylic acids is 1. The highest BCUT2D eigenvalue weighted by Gasteiger charge is 2.22. The largest absolute Gasteiger partial charge is 0.326 e. The first-order chi connectivity index (χ1) is 13.7. The fourth-order valence-corrected chi connectivity index (χ4v) is 2.96. The number of aryl methyl sites for hydroxylation is 1. The normalized spacial score (nSPS) is 11.7. The fourth-order valence-electron chi connectivity index (χ4n) is 2.96. The van der Waals surface area contributed by atoms with Crippen molar-refractivity contribution in [2.75, 3.05) is 5.32 Å². The second-order valence-electron chi connectivity index (χ2n) is 7.80. The molecule has 0 atom stereocenters. The number of benzene rings is 1. The molecule has 0 unspecified atom stereocenters. The van der Waals surface area contributed by atoms with Crippen LogP contribution in [0.2, 0.25) is 0 Å². The summed E-state index contributed by atoms with van der Waals surface area (Å²) in [5, 5.41) is 7.48. The molecule has 0 spiro atoms. The van der Waals surface area contributed by atoms with Crippen molar-refractivity contribution in [3.8, 4) is 5.95 Å². The maximum absolute atomic E-state index is 12.9. The zero-order chi connectivity index (χ0) is 20.8. The van der Waals surface area contributed by atoms with Crippen molar-refractivity contribution in [2.45, 2.75) is 26.2 Å². The number of aromatic nitrogens is 6. The van der Waals surface area contributed by atoms with Gasteiger partial charge in [-0.1, -0.05) is 20.8 Å². The van der Waals surface area contributed by atoms with Crippen LogP contribution in [-0.2, 0) is 12.5 Å². The second-order valence-corrected chi connectivity index (χ2v) is 7.80. The molecule has 0 radical (unpaired) electrons. The highest BCUT2D eigenvalue weighted by Crippen LogP contribution is 2.25. The van der Waals surface area contributed by atoms with Gasteiger partial charge in [0.15, 0.2) is 0 Å². The van der Waals surface area contributed by atoms with Gasteiger partial charge in [0.2, 0.25) is 0 Å². The Morgan fingerprint density at radius 2 is 1.86 bits per heavy atom. The van der Waals surface area contributed by atoms with Crippen molar-refractivity contribution >= 4 is 22.8 Å². The quantitative estimate of drug-likeness (QED) is 0.557. The zero-order valence-corrected chi connectivity index (χ0v) is 16.6. The van der Waals surface area contributed by atoms with Gasteiger partial charge in [0.05, 0.1) is 16.7 Å². The number of nitrogens with one attached hydrogen (secondary N) is 2. The van der Waals surface area contributed by atoms with Crippen LogP contribution in [0.1, 0.15) is 36.8 Å². The molecule has 3 heterocycles. The molecule has 2 N–H and O–H groups in total. The predicted molar refractivity (Wildman–Crippen MR) is 109 cm³/mol. The summed E-state index contributed by atoms with van der Waals surface area (Å²) in [4.78, 5) is 35.9. The summed E-state index contributed by atoms with van der Waals surface area (Å²) in [5.41, 5.74) is 2.08. The average molecular weight is 391 g/mol. The van der Waals surface area contributed by atoms with Crippen LogP contribution in [0.3, 0.4) is 0 Å². The third kappa shape index (κ3) is 3.42. The zero-order valence-electron chi connectivity index (χ0n) is 16.6. The molecule has 1 amide bonds. The molecule has 0 aliphatic rings. The SMILES string of the molecule is Cn1c(=O)[nH]c2cc(C(=O)Nc3cc(C(C)(C)C)nn3-c3ncccn3)ccc21. The number of fused-ring (bicyclic) bond motifs is 1. The number of imidazole rings is 1. The minimum Gasteiger partial charge on any atom is -0.306 e. The lowest BCUT2D eigenvalue weighted by Crippen LogP contribution is -2.16. The molecule has 0 saturated carbocycles. The van der Waals surface area contributed by atoms with Gasteiger partial charge in [0.1, 0.15) is 5.82 Å². The van der Waals surface area contributed by atoms with E-state index in [0.29, 0.717) is 22.8 Å². The van der Waals surface area contributed by atoms with Crippen molar-refractivity contribution in [3.63, 3.8) is 0 Å². The number of H-pyrrole nitrogens is 1. The molecule has 4 rings (SSSR count). The molecule has 0 saturated heterocycles. The Bertz CT molecular complexity index is 1260. The van der Waals surface area contributed by atoms with Crippen LogP contribution in [0.15, 0.2) is 47.5 Å². The first kappa shape index (κ1) is 18.6. The smallest absolute Gasteiger partial charge is 0.306 e. The lowest BCUT2D eigenvalue weighted by atomic mass is 9.92. The molecule has 9 nitrogen and oxygen atoms in total. The van der Waals surface area contributed by atoms with E-state index in [1.54, 1.807) is 43.7 Å². The summed E-state index contributed by atoms with van der Waals surface area (Å²) >= 11 is 0. The number of rotatable bonds is 3. The second kappa shape index (κ2) is 6.69. The van der Waals surface area contributed by atoms with E-state index in [1.165, 1.54) is 9.25 Å². The number of nitrogens with zero attached hydrogens (tertiary/aromatic N) is 5. The van der Waals surface area contributed by atoms with Crippen molar-refractivity contribution in [3.05, 3.63) is 64.5 Å². The van der Waals surface area contributed by atoms with Crippen LogP contribution >= 0.6 is 0 Å². The molecular weight excluding hydrogens is 370 g/mol. The maximum Gasteiger partial charge on any atom is 0.326 e. The van der Waals surface area contributed by atoms with Gasteiger partial charge in [0, 0.05) is 36.5 Å². The van der Waals surface area contributed by atoms with Gasteiger partial charge < -0.3 is 10.3 Å². The summed E-state index contributed by atoms with van der Waals surface area (Å²) in [6.07, 6.45) is 3.23. The number of carbonyl (C=O) groups is 1.